The molecule has 3 rings (SSSR count). The van der Waals surface area contributed by atoms with Gasteiger partial charge in [-0.05, 0) is 73.1 Å². The molecule has 0 saturated heterocycles. The normalized spacial score (nSPS) is 16.9. The van der Waals surface area contributed by atoms with E-state index in [4.69, 9.17) is 16.3 Å². The lowest BCUT2D eigenvalue weighted by atomic mass is 9.86. The first-order valence-corrected chi connectivity index (χ1v) is 11.1. The maximum atomic E-state index is 12.8. The van der Waals surface area contributed by atoms with Gasteiger partial charge in [0.2, 0.25) is 0 Å². The smallest absolute Gasteiger partial charge is 0.263 e. The number of pyridine rings is 1. The molecule has 1 aliphatic rings. The number of sulfonamides is 1. The van der Waals surface area contributed by atoms with E-state index in [1.807, 2.05) is 6.07 Å². The number of methoxy groups -OCH3 is 1. The number of likely N-dealkylation sites (N-methyl/N-ethyl adjacent to an activating group) is 1. The summed E-state index contributed by atoms with van der Waals surface area (Å²) >= 11 is 9.08. The Kier molecular flexibility index (Phi) is 6.00. The second kappa shape index (κ2) is 7.95. The van der Waals surface area contributed by atoms with Crippen LogP contribution in [0.3, 0.4) is 0 Å². The van der Waals surface area contributed by atoms with Gasteiger partial charge in [0.25, 0.3) is 10.0 Å². The van der Waals surface area contributed by atoms with Crippen LogP contribution in [0, 0.1) is 0 Å². The molecule has 1 heterocycles. The van der Waals surface area contributed by atoms with E-state index in [1.165, 1.54) is 12.3 Å². The molecular formula is C18H21BrClN3O3S. The lowest BCUT2D eigenvalue weighted by Crippen LogP contribution is -2.34. The van der Waals surface area contributed by atoms with Crippen molar-refractivity contribution in [2.45, 2.75) is 30.2 Å². The van der Waals surface area contributed by atoms with E-state index in [0.717, 1.165) is 36.1 Å². The Hall–Kier alpha value is -1.35. The Morgan fingerprint density at radius 1 is 1.33 bits per heavy atom. The van der Waals surface area contributed by atoms with Gasteiger partial charge in [0.05, 0.1) is 17.3 Å². The summed E-state index contributed by atoms with van der Waals surface area (Å²) in [4.78, 5) is 6.14. The molecule has 2 aromatic rings. The van der Waals surface area contributed by atoms with Gasteiger partial charge in [-0.15, -0.1) is 0 Å². The molecule has 1 aromatic heterocycles. The van der Waals surface area contributed by atoms with Gasteiger partial charge in [0.15, 0.2) is 0 Å². The van der Waals surface area contributed by atoms with Crippen molar-refractivity contribution < 1.29 is 13.2 Å². The topological polar surface area (TPSA) is 71.5 Å². The van der Waals surface area contributed by atoms with Gasteiger partial charge in [-0.1, -0.05) is 11.6 Å². The molecule has 0 unspecified atom stereocenters. The zero-order valence-corrected chi connectivity index (χ0v) is 18.4. The van der Waals surface area contributed by atoms with E-state index in [9.17, 15) is 8.42 Å². The van der Waals surface area contributed by atoms with Crippen molar-refractivity contribution >= 4 is 43.2 Å². The number of hydrogen-bond acceptors (Lipinski definition) is 5. The van der Waals surface area contributed by atoms with E-state index in [-0.39, 0.29) is 10.0 Å². The van der Waals surface area contributed by atoms with Crippen molar-refractivity contribution in [1.82, 2.24) is 9.88 Å². The first-order valence-electron chi connectivity index (χ1n) is 8.42. The zero-order valence-electron chi connectivity index (χ0n) is 15.3. The fraction of sp³-hybridized carbons (Fsp3) is 0.389. The van der Waals surface area contributed by atoms with E-state index >= 15 is 0 Å². The second-order valence-electron chi connectivity index (χ2n) is 6.68. The lowest BCUT2D eigenvalue weighted by Gasteiger charge is -2.32. The Labute approximate surface area is 173 Å². The number of ether oxygens (including phenoxy) is 1. The van der Waals surface area contributed by atoms with Crippen LogP contribution >= 0.6 is 27.5 Å². The minimum Gasteiger partial charge on any atom is -0.496 e. The number of nitrogens with zero attached hydrogens (tertiary/aromatic N) is 2. The van der Waals surface area contributed by atoms with Gasteiger partial charge in [-0.25, -0.2) is 13.4 Å². The molecule has 146 valence electrons. The Morgan fingerprint density at radius 2 is 2.07 bits per heavy atom. The quantitative estimate of drug-likeness (QED) is 0.669. The van der Waals surface area contributed by atoms with Gasteiger partial charge in [-0.3, -0.25) is 4.72 Å². The molecule has 0 spiro atoms. The Morgan fingerprint density at radius 3 is 2.70 bits per heavy atom. The van der Waals surface area contributed by atoms with Crippen molar-refractivity contribution in [1.29, 1.82) is 0 Å². The lowest BCUT2D eigenvalue weighted by molar-refractivity contribution is 0.265. The third-order valence-corrected chi connectivity index (χ3v) is 7.30. The number of aromatic nitrogens is 1. The van der Waals surface area contributed by atoms with Crippen LogP contribution in [-0.2, 0) is 22.9 Å². The first-order chi connectivity index (χ1) is 12.7. The second-order valence-corrected chi connectivity index (χ2v) is 9.58. The molecule has 0 bridgehead atoms. The van der Waals surface area contributed by atoms with Crippen LogP contribution in [0.15, 0.2) is 33.8 Å². The minimum absolute atomic E-state index is 0.0466. The van der Waals surface area contributed by atoms with Crippen LogP contribution in [0.4, 0.5) is 5.69 Å². The highest BCUT2D eigenvalue weighted by Gasteiger charge is 2.27. The SMILES string of the molecule is COc1ccc(NS(=O)(=O)c2cnc(Cl)c(Br)c2)c2c1C[C@@H](N(C)C)CC2. The molecule has 0 radical (unpaired) electrons. The summed E-state index contributed by atoms with van der Waals surface area (Å²) in [7, 11) is 1.96. The van der Waals surface area contributed by atoms with Crippen LogP contribution in [0.2, 0.25) is 5.15 Å². The number of fused-ring (bicyclic) bond motifs is 1. The van der Waals surface area contributed by atoms with Crippen LogP contribution in [0.1, 0.15) is 17.5 Å². The minimum atomic E-state index is -3.79. The molecule has 0 aliphatic heterocycles. The monoisotopic (exact) mass is 473 g/mol. The fourth-order valence-corrected chi connectivity index (χ4v) is 4.98. The Bertz CT molecular complexity index is 967. The zero-order chi connectivity index (χ0) is 19.8. The third kappa shape index (κ3) is 4.23. The molecule has 0 fully saturated rings. The molecule has 1 N–H and O–H groups in total. The maximum Gasteiger partial charge on any atom is 0.263 e. The number of halogens is 2. The maximum absolute atomic E-state index is 12.8. The van der Waals surface area contributed by atoms with Crippen LogP contribution in [0.5, 0.6) is 5.75 Å². The van der Waals surface area contributed by atoms with E-state index in [2.05, 4.69) is 44.6 Å². The first kappa shape index (κ1) is 20.4. The van der Waals surface area contributed by atoms with Crippen molar-refractivity contribution in [3.8, 4) is 5.75 Å². The number of rotatable bonds is 5. The summed E-state index contributed by atoms with van der Waals surface area (Å²) < 4.78 is 34.3. The van der Waals surface area contributed by atoms with Crippen molar-refractivity contribution in [3.63, 3.8) is 0 Å². The fourth-order valence-electron chi connectivity index (χ4n) is 3.31. The number of anilines is 1. The molecule has 27 heavy (non-hydrogen) atoms. The van der Waals surface area contributed by atoms with Gasteiger partial charge < -0.3 is 9.64 Å². The molecule has 1 atom stereocenters. The van der Waals surface area contributed by atoms with E-state index in [0.29, 0.717) is 16.2 Å². The van der Waals surface area contributed by atoms with Gasteiger partial charge >= 0.3 is 0 Å². The van der Waals surface area contributed by atoms with E-state index < -0.39 is 10.0 Å². The number of hydrogen-bond donors (Lipinski definition) is 1. The van der Waals surface area contributed by atoms with Gasteiger partial charge in [0.1, 0.15) is 15.8 Å². The summed E-state index contributed by atoms with van der Waals surface area (Å²) in [6, 6.07) is 5.40. The Balaban J connectivity index is 1.98. The van der Waals surface area contributed by atoms with Gasteiger partial charge in [0, 0.05) is 17.8 Å². The van der Waals surface area contributed by atoms with Gasteiger partial charge in [-0.2, -0.15) is 0 Å². The highest BCUT2D eigenvalue weighted by Crippen LogP contribution is 2.37. The van der Waals surface area contributed by atoms with Crippen molar-refractivity contribution in [2.75, 3.05) is 25.9 Å². The van der Waals surface area contributed by atoms with Crippen LogP contribution in [-0.4, -0.2) is 45.5 Å². The number of benzene rings is 1. The molecule has 0 amide bonds. The highest BCUT2D eigenvalue weighted by molar-refractivity contribution is 9.10. The van der Waals surface area contributed by atoms with E-state index in [1.54, 1.807) is 13.2 Å². The predicted molar refractivity (Wildman–Crippen MR) is 110 cm³/mol. The standard InChI is InChI=1S/C18H21BrClN3O3S/c1-23(2)11-4-5-13-14(8-11)17(26-3)7-6-16(13)22-27(24,25)12-9-15(19)18(20)21-10-12/h6-7,9-11,22H,4-5,8H2,1-3H3/t11-/m0/s1. The van der Waals surface area contributed by atoms with Crippen molar-refractivity contribution in [2.24, 2.45) is 0 Å². The molecule has 1 aliphatic carbocycles. The van der Waals surface area contributed by atoms with Crippen molar-refractivity contribution in [3.05, 3.63) is 45.1 Å². The molecular weight excluding hydrogens is 454 g/mol. The summed E-state index contributed by atoms with van der Waals surface area (Å²) in [6.45, 7) is 0. The van der Waals surface area contributed by atoms with Crippen LogP contribution in [0.25, 0.3) is 0 Å². The average molecular weight is 475 g/mol. The summed E-state index contributed by atoms with van der Waals surface area (Å²) in [5.74, 6) is 0.787. The summed E-state index contributed by atoms with van der Waals surface area (Å²) in [6.07, 6.45) is 3.79. The summed E-state index contributed by atoms with van der Waals surface area (Å²) in [5, 5.41) is 0.213. The summed E-state index contributed by atoms with van der Waals surface area (Å²) in [5.41, 5.74) is 2.61. The molecule has 6 nitrogen and oxygen atoms in total. The molecule has 1 aromatic carbocycles. The molecule has 9 heteroatoms. The third-order valence-electron chi connectivity index (χ3n) is 4.83. The molecule has 0 saturated carbocycles. The average Bonchev–Trinajstić information content (AvgIpc) is 2.63. The van der Waals surface area contributed by atoms with Crippen LogP contribution < -0.4 is 9.46 Å². The number of nitrogens with one attached hydrogen (secondary N) is 1. The largest absolute Gasteiger partial charge is 0.496 e. The highest BCUT2D eigenvalue weighted by atomic mass is 79.9. The predicted octanol–water partition coefficient (Wildman–Crippen LogP) is 3.73.